The molecule has 0 aliphatic rings. The maximum Gasteiger partial charge on any atom is 0.265 e. The number of nitrogens with one attached hydrogen (secondary N) is 2. The average Bonchev–Trinajstić information content (AvgIpc) is 2.68. The van der Waals surface area contributed by atoms with Crippen LogP contribution in [0.25, 0.3) is 0 Å². The van der Waals surface area contributed by atoms with E-state index in [0.717, 1.165) is 6.54 Å². The van der Waals surface area contributed by atoms with E-state index in [1.165, 1.54) is 16.8 Å². The number of carbonyl (C=O) groups is 1. The van der Waals surface area contributed by atoms with E-state index in [4.69, 9.17) is 5.73 Å². The first-order valence-corrected chi connectivity index (χ1v) is 6.97. The van der Waals surface area contributed by atoms with Crippen molar-refractivity contribution in [1.29, 1.82) is 0 Å². The molecular weight excluding hydrogens is 292 g/mol. The molecule has 0 radical (unpaired) electrons. The van der Waals surface area contributed by atoms with E-state index in [-0.39, 0.29) is 23.0 Å². The Balaban J connectivity index is 0.00000324. The molecule has 0 aliphatic carbocycles. The molecule has 0 fully saturated rings. The molecule has 0 aliphatic heterocycles. The maximum atomic E-state index is 11.9. The third-order valence-electron chi connectivity index (χ3n) is 2.44. The molecule has 110 valence electrons. The Morgan fingerprint density at radius 2 is 2.05 bits per heavy atom. The molecule has 0 spiro atoms. The number of carbonyl (C=O) groups excluding carboxylic acids is 1. The van der Waals surface area contributed by atoms with Crippen molar-refractivity contribution in [3.63, 3.8) is 0 Å². The van der Waals surface area contributed by atoms with Crippen LogP contribution >= 0.6 is 12.4 Å². The highest BCUT2D eigenvalue weighted by atomic mass is 35.5. The lowest BCUT2D eigenvalue weighted by molar-refractivity contribution is 0.0992. The van der Waals surface area contributed by atoms with Crippen molar-refractivity contribution in [2.75, 3.05) is 20.1 Å². The lowest BCUT2D eigenvalue weighted by Gasteiger charge is -2.04. The van der Waals surface area contributed by atoms with Crippen molar-refractivity contribution in [2.45, 2.75) is 11.3 Å². The molecule has 0 saturated heterocycles. The summed E-state index contributed by atoms with van der Waals surface area (Å²) in [5.41, 5.74) is 5.29. The van der Waals surface area contributed by atoms with Gasteiger partial charge in [-0.05, 0) is 26.1 Å². The number of nitrogens with two attached hydrogens (primary N) is 1. The minimum absolute atomic E-state index is 0. The van der Waals surface area contributed by atoms with E-state index in [9.17, 15) is 13.2 Å². The van der Waals surface area contributed by atoms with Gasteiger partial charge in [0.1, 0.15) is 10.6 Å². The molecule has 19 heavy (non-hydrogen) atoms. The van der Waals surface area contributed by atoms with E-state index in [2.05, 4.69) is 10.0 Å². The average molecular weight is 311 g/mol. The van der Waals surface area contributed by atoms with Gasteiger partial charge in [0.15, 0.2) is 0 Å². The van der Waals surface area contributed by atoms with E-state index >= 15 is 0 Å². The van der Waals surface area contributed by atoms with Gasteiger partial charge in [0.25, 0.3) is 5.91 Å². The Hall–Kier alpha value is -1.09. The molecule has 0 bridgehead atoms. The molecule has 1 rings (SSSR count). The molecular formula is C10H19ClN4O3S. The van der Waals surface area contributed by atoms with Crippen molar-refractivity contribution < 1.29 is 13.2 Å². The first-order valence-electron chi connectivity index (χ1n) is 5.49. The smallest absolute Gasteiger partial charge is 0.265 e. The normalized spacial score (nSPS) is 11.1. The van der Waals surface area contributed by atoms with Gasteiger partial charge in [-0.3, -0.25) is 4.79 Å². The Morgan fingerprint density at radius 3 is 2.53 bits per heavy atom. The highest BCUT2D eigenvalue weighted by molar-refractivity contribution is 7.89. The van der Waals surface area contributed by atoms with Crippen LogP contribution in [0.3, 0.4) is 0 Å². The predicted molar refractivity (Wildman–Crippen MR) is 74.9 cm³/mol. The van der Waals surface area contributed by atoms with Crippen LogP contribution in [-0.4, -0.2) is 39.0 Å². The highest BCUT2D eigenvalue weighted by Gasteiger charge is 2.18. The van der Waals surface area contributed by atoms with Crippen LogP contribution in [0.1, 0.15) is 16.9 Å². The monoisotopic (exact) mass is 310 g/mol. The summed E-state index contributed by atoms with van der Waals surface area (Å²) < 4.78 is 27.6. The topological polar surface area (TPSA) is 106 Å². The zero-order chi connectivity index (χ0) is 13.8. The zero-order valence-electron chi connectivity index (χ0n) is 10.8. The molecule has 0 atom stereocenters. The second kappa shape index (κ2) is 7.49. The molecule has 7 nitrogen and oxygen atoms in total. The van der Waals surface area contributed by atoms with Crippen molar-refractivity contribution in [3.05, 3.63) is 18.0 Å². The standard InChI is InChI=1S/C10H18N4O3S.ClH/c1-12-4-3-5-13-18(16,17)8-6-9(10(11)15)14(2)7-8;/h6-7,12-13H,3-5H2,1-2H3,(H2,11,15);1H. The van der Waals surface area contributed by atoms with Crippen molar-refractivity contribution in [2.24, 2.45) is 12.8 Å². The van der Waals surface area contributed by atoms with E-state index < -0.39 is 15.9 Å². The second-order valence-electron chi connectivity index (χ2n) is 3.89. The molecule has 0 saturated carbocycles. The summed E-state index contributed by atoms with van der Waals surface area (Å²) in [5, 5.41) is 2.92. The number of aryl methyl sites for hydroxylation is 1. The Morgan fingerprint density at radius 1 is 1.42 bits per heavy atom. The summed E-state index contributed by atoms with van der Waals surface area (Å²) >= 11 is 0. The molecule has 1 amide bonds. The third-order valence-corrected chi connectivity index (χ3v) is 3.87. The Bertz CT molecular complexity index is 527. The first-order chi connectivity index (χ1) is 8.38. The number of aromatic nitrogens is 1. The van der Waals surface area contributed by atoms with E-state index in [1.54, 1.807) is 14.1 Å². The van der Waals surface area contributed by atoms with Gasteiger partial charge in [-0.25, -0.2) is 13.1 Å². The summed E-state index contributed by atoms with van der Waals surface area (Å²) in [6, 6.07) is 1.27. The van der Waals surface area contributed by atoms with Gasteiger partial charge in [-0.1, -0.05) is 0 Å². The van der Waals surface area contributed by atoms with Gasteiger partial charge in [0.05, 0.1) is 0 Å². The molecule has 9 heteroatoms. The van der Waals surface area contributed by atoms with Gasteiger partial charge < -0.3 is 15.6 Å². The van der Waals surface area contributed by atoms with Crippen molar-refractivity contribution in [3.8, 4) is 0 Å². The number of amides is 1. The van der Waals surface area contributed by atoms with Crippen molar-refractivity contribution in [1.82, 2.24) is 14.6 Å². The fourth-order valence-electron chi connectivity index (χ4n) is 1.48. The Kier molecular flexibility index (Phi) is 7.06. The lowest BCUT2D eigenvalue weighted by Crippen LogP contribution is -2.26. The summed E-state index contributed by atoms with van der Waals surface area (Å²) in [7, 11) is -0.216. The zero-order valence-corrected chi connectivity index (χ0v) is 12.5. The SMILES string of the molecule is CNCCCNS(=O)(=O)c1cc(C(N)=O)n(C)c1.Cl. The number of primary amides is 1. The largest absolute Gasteiger partial charge is 0.364 e. The van der Waals surface area contributed by atoms with Crippen LogP contribution in [0, 0.1) is 0 Å². The molecule has 1 aromatic rings. The molecule has 4 N–H and O–H groups in total. The van der Waals surface area contributed by atoms with Gasteiger partial charge in [-0.15, -0.1) is 12.4 Å². The number of halogens is 1. The van der Waals surface area contributed by atoms with Crippen LogP contribution in [0.4, 0.5) is 0 Å². The molecule has 1 heterocycles. The highest BCUT2D eigenvalue weighted by Crippen LogP contribution is 2.12. The fourth-order valence-corrected chi connectivity index (χ4v) is 2.62. The van der Waals surface area contributed by atoms with Crippen LogP contribution < -0.4 is 15.8 Å². The van der Waals surface area contributed by atoms with Crippen LogP contribution in [-0.2, 0) is 17.1 Å². The van der Waals surface area contributed by atoms with Crippen LogP contribution in [0.15, 0.2) is 17.2 Å². The maximum absolute atomic E-state index is 11.9. The fraction of sp³-hybridized carbons (Fsp3) is 0.500. The van der Waals surface area contributed by atoms with Crippen LogP contribution in [0.5, 0.6) is 0 Å². The Labute approximate surface area is 119 Å². The number of hydrogen-bond acceptors (Lipinski definition) is 4. The summed E-state index contributed by atoms with van der Waals surface area (Å²) in [5.74, 6) is -0.658. The quantitative estimate of drug-likeness (QED) is 0.587. The number of sulfonamides is 1. The van der Waals surface area contributed by atoms with Gasteiger partial charge in [0, 0.05) is 19.8 Å². The van der Waals surface area contributed by atoms with Gasteiger partial charge in [0.2, 0.25) is 10.0 Å². The number of rotatable bonds is 7. The van der Waals surface area contributed by atoms with Crippen LogP contribution in [0.2, 0.25) is 0 Å². The van der Waals surface area contributed by atoms with E-state index in [1.807, 2.05) is 0 Å². The lowest BCUT2D eigenvalue weighted by atomic mass is 10.4. The molecule has 0 aromatic carbocycles. The third kappa shape index (κ3) is 4.83. The van der Waals surface area contributed by atoms with Gasteiger partial charge >= 0.3 is 0 Å². The minimum Gasteiger partial charge on any atom is -0.364 e. The summed E-state index contributed by atoms with van der Waals surface area (Å²) in [4.78, 5) is 11.1. The second-order valence-corrected chi connectivity index (χ2v) is 5.66. The summed E-state index contributed by atoms with van der Waals surface area (Å²) in [6.45, 7) is 1.06. The first kappa shape index (κ1) is 17.9. The van der Waals surface area contributed by atoms with Crippen molar-refractivity contribution >= 4 is 28.3 Å². The molecule has 1 aromatic heterocycles. The predicted octanol–water partition coefficient (Wildman–Crippen LogP) is -0.566. The number of nitrogens with zero attached hydrogens (tertiary/aromatic N) is 1. The summed E-state index contributed by atoms with van der Waals surface area (Å²) in [6.07, 6.45) is 2.05. The number of hydrogen-bond donors (Lipinski definition) is 3. The molecule has 0 unspecified atom stereocenters. The van der Waals surface area contributed by atoms with E-state index in [0.29, 0.717) is 13.0 Å². The minimum atomic E-state index is -3.58. The van der Waals surface area contributed by atoms with Gasteiger partial charge in [-0.2, -0.15) is 0 Å².